The van der Waals surface area contributed by atoms with Gasteiger partial charge in [0.2, 0.25) is 0 Å². The van der Waals surface area contributed by atoms with Gasteiger partial charge in [-0.1, -0.05) is 17.7 Å². The summed E-state index contributed by atoms with van der Waals surface area (Å²) in [6.45, 7) is 1.95. The summed E-state index contributed by atoms with van der Waals surface area (Å²) in [5, 5.41) is 10.6. The molecule has 0 atom stereocenters. The van der Waals surface area contributed by atoms with E-state index in [9.17, 15) is 4.39 Å². The first-order valence-electron chi connectivity index (χ1n) is 6.33. The third-order valence-electron chi connectivity index (χ3n) is 3.41. The fourth-order valence-electron chi connectivity index (χ4n) is 2.38. The number of aromatic nitrogens is 3. The molecule has 0 bridgehead atoms. The highest BCUT2D eigenvalue weighted by Gasteiger charge is 2.21. The van der Waals surface area contributed by atoms with Gasteiger partial charge in [0.15, 0.2) is 5.82 Å². The quantitative estimate of drug-likeness (QED) is 0.889. The van der Waals surface area contributed by atoms with Crippen molar-refractivity contribution in [2.75, 3.05) is 13.1 Å². The average Bonchev–Trinajstić information content (AvgIpc) is 2.89. The van der Waals surface area contributed by atoms with E-state index < -0.39 is 5.82 Å². The summed E-state index contributed by atoms with van der Waals surface area (Å²) in [4.78, 5) is 4.41. The minimum Gasteiger partial charge on any atom is -0.317 e. The predicted octanol–water partition coefficient (Wildman–Crippen LogP) is 2.73. The van der Waals surface area contributed by atoms with E-state index in [1.54, 1.807) is 12.1 Å². The Morgan fingerprint density at radius 1 is 1.26 bits per heavy atom. The van der Waals surface area contributed by atoms with Crippen LogP contribution >= 0.6 is 11.6 Å². The zero-order valence-corrected chi connectivity index (χ0v) is 11.0. The van der Waals surface area contributed by atoms with Gasteiger partial charge in [-0.3, -0.25) is 5.10 Å². The Morgan fingerprint density at radius 2 is 2.05 bits per heavy atom. The Kier molecular flexibility index (Phi) is 3.48. The third-order valence-corrected chi connectivity index (χ3v) is 3.73. The Balaban J connectivity index is 1.92. The maximum Gasteiger partial charge on any atom is 0.185 e. The number of nitrogens with zero attached hydrogens (tertiary/aromatic N) is 2. The van der Waals surface area contributed by atoms with Crippen molar-refractivity contribution in [1.82, 2.24) is 20.5 Å². The summed E-state index contributed by atoms with van der Waals surface area (Å²) in [5.41, 5.74) is 0.264. The van der Waals surface area contributed by atoms with Crippen molar-refractivity contribution in [2.45, 2.75) is 18.8 Å². The largest absolute Gasteiger partial charge is 0.317 e. The van der Waals surface area contributed by atoms with E-state index in [0.29, 0.717) is 16.8 Å². The normalized spacial score (nSPS) is 16.7. The predicted molar refractivity (Wildman–Crippen MR) is 71.6 cm³/mol. The molecule has 2 N–H and O–H groups in total. The van der Waals surface area contributed by atoms with E-state index >= 15 is 0 Å². The Labute approximate surface area is 115 Å². The fourth-order valence-corrected chi connectivity index (χ4v) is 2.62. The topological polar surface area (TPSA) is 53.6 Å². The minimum absolute atomic E-state index is 0.264. The summed E-state index contributed by atoms with van der Waals surface area (Å²) in [7, 11) is 0. The van der Waals surface area contributed by atoms with Gasteiger partial charge in [0.05, 0.1) is 10.6 Å². The summed E-state index contributed by atoms with van der Waals surface area (Å²) in [6, 6.07) is 4.57. The molecule has 2 heterocycles. The van der Waals surface area contributed by atoms with Crippen LogP contribution in [0.15, 0.2) is 18.2 Å². The maximum absolute atomic E-state index is 13.8. The van der Waals surface area contributed by atoms with E-state index in [4.69, 9.17) is 11.6 Å². The van der Waals surface area contributed by atoms with Gasteiger partial charge in [-0.05, 0) is 38.1 Å². The third kappa shape index (κ3) is 2.48. The van der Waals surface area contributed by atoms with Crippen LogP contribution in [0.2, 0.25) is 5.02 Å². The zero-order valence-electron chi connectivity index (χ0n) is 10.3. The molecule has 0 spiro atoms. The standard InChI is InChI=1S/C13H14ClFN4/c14-9-2-1-3-10(15)11(9)13-17-12(18-19-13)8-4-6-16-7-5-8/h1-3,8,16H,4-7H2,(H,17,18,19). The summed E-state index contributed by atoms with van der Waals surface area (Å²) in [5.74, 6) is 1.10. The van der Waals surface area contributed by atoms with Crippen molar-refractivity contribution in [3.63, 3.8) is 0 Å². The van der Waals surface area contributed by atoms with Gasteiger partial charge >= 0.3 is 0 Å². The lowest BCUT2D eigenvalue weighted by Gasteiger charge is -2.19. The average molecular weight is 281 g/mol. The Morgan fingerprint density at radius 3 is 2.79 bits per heavy atom. The molecule has 1 aromatic heterocycles. The molecule has 19 heavy (non-hydrogen) atoms. The van der Waals surface area contributed by atoms with Crippen LogP contribution in [0.5, 0.6) is 0 Å². The molecule has 3 rings (SSSR count). The highest BCUT2D eigenvalue weighted by molar-refractivity contribution is 6.33. The zero-order chi connectivity index (χ0) is 13.2. The Hall–Kier alpha value is -1.46. The minimum atomic E-state index is -0.400. The van der Waals surface area contributed by atoms with Crippen LogP contribution in [0.3, 0.4) is 0 Å². The van der Waals surface area contributed by atoms with Gasteiger partial charge in [-0.25, -0.2) is 9.37 Å². The monoisotopic (exact) mass is 280 g/mol. The molecule has 4 nitrogen and oxygen atoms in total. The van der Waals surface area contributed by atoms with Gasteiger partial charge < -0.3 is 5.32 Å². The molecule has 1 saturated heterocycles. The van der Waals surface area contributed by atoms with Crippen LogP contribution in [-0.4, -0.2) is 28.3 Å². The number of halogens is 2. The molecule has 1 fully saturated rings. The molecular formula is C13H14ClFN4. The van der Waals surface area contributed by atoms with Crippen LogP contribution in [0.25, 0.3) is 11.4 Å². The van der Waals surface area contributed by atoms with E-state index in [0.717, 1.165) is 31.8 Å². The first-order valence-corrected chi connectivity index (χ1v) is 6.71. The molecule has 6 heteroatoms. The number of hydrogen-bond donors (Lipinski definition) is 2. The number of H-pyrrole nitrogens is 1. The number of aromatic amines is 1. The lowest BCUT2D eigenvalue weighted by atomic mass is 9.98. The van der Waals surface area contributed by atoms with Crippen molar-refractivity contribution in [3.05, 3.63) is 34.9 Å². The number of benzene rings is 1. The van der Waals surface area contributed by atoms with E-state index in [-0.39, 0.29) is 5.56 Å². The van der Waals surface area contributed by atoms with Crippen LogP contribution in [0.1, 0.15) is 24.6 Å². The lowest BCUT2D eigenvalue weighted by Crippen LogP contribution is -2.27. The van der Waals surface area contributed by atoms with Crippen molar-refractivity contribution in [1.29, 1.82) is 0 Å². The molecule has 0 amide bonds. The fraction of sp³-hybridized carbons (Fsp3) is 0.385. The van der Waals surface area contributed by atoms with Gasteiger partial charge in [0.1, 0.15) is 11.6 Å². The number of nitrogens with one attached hydrogen (secondary N) is 2. The summed E-state index contributed by atoms with van der Waals surface area (Å²) < 4.78 is 13.8. The van der Waals surface area contributed by atoms with Crippen LogP contribution < -0.4 is 5.32 Å². The van der Waals surface area contributed by atoms with E-state index in [2.05, 4.69) is 20.5 Å². The molecule has 1 aliphatic heterocycles. The number of rotatable bonds is 2. The first-order chi connectivity index (χ1) is 9.25. The summed E-state index contributed by atoms with van der Waals surface area (Å²) >= 11 is 6.02. The van der Waals surface area contributed by atoms with Crippen molar-refractivity contribution in [3.8, 4) is 11.4 Å². The molecule has 100 valence electrons. The lowest BCUT2D eigenvalue weighted by molar-refractivity contribution is 0.446. The molecule has 0 unspecified atom stereocenters. The second kappa shape index (κ2) is 5.27. The second-order valence-electron chi connectivity index (χ2n) is 4.67. The Bertz CT molecular complexity index is 558. The molecule has 1 aromatic carbocycles. The number of hydrogen-bond acceptors (Lipinski definition) is 3. The van der Waals surface area contributed by atoms with Crippen LogP contribution in [0, 0.1) is 5.82 Å². The van der Waals surface area contributed by atoms with Gasteiger partial charge in [-0.15, -0.1) is 0 Å². The van der Waals surface area contributed by atoms with Crippen LogP contribution in [0.4, 0.5) is 4.39 Å². The van der Waals surface area contributed by atoms with Crippen molar-refractivity contribution < 1.29 is 4.39 Å². The number of piperidine rings is 1. The highest BCUT2D eigenvalue weighted by Crippen LogP contribution is 2.29. The highest BCUT2D eigenvalue weighted by atomic mass is 35.5. The SMILES string of the molecule is Fc1cccc(Cl)c1-c1n[nH]c(C2CCNCC2)n1. The summed E-state index contributed by atoms with van der Waals surface area (Å²) in [6.07, 6.45) is 2.03. The smallest absolute Gasteiger partial charge is 0.185 e. The molecule has 0 aliphatic carbocycles. The maximum atomic E-state index is 13.8. The van der Waals surface area contributed by atoms with Crippen molar-refractivity contribution >= 4 is 11.6 Å². The van der Waals surface area contributed by atoms with Crippen LogP contribution in [-0.2, 0) is 0 Å². The molecule has 1 aliphatic rings. The van der Waals surface area contributed by atoms with Gasteiger partial charge in [-0.2, -0.15) is 5.10 Å². The van der Waals surface area contributed by atoms with E-state index in [1.807, 2.05) is 0 Å². The van der Waals surface area contributed by atoms with E-state index in [1.165, 1.54) is 6.07 Å². The molecule has 2 aromatic rings. The molecular weight excluding hydrogens is 267 g/mol. The van der Waals surface area contributed by atoms with Crippen molar-refractivity contribution in [2.24, 2.45) is 0 Å². The molecule has 0 saturated carbocycles. The van der Waals surface area contributed by atoms with Gasteiger partial charge in [0.25, 0.3) is 0 Å². The second-order valence-corrected chi connectivity index (χ2v) is 5.07. The molecule has 0 radical (unpaired) electrons. The van der Waals surface area contributed by atoms with Gasteiger partial charge in [0, 0.05) is 5.92 Å². The first kappa shape index (κ1) is 12.6.